The summed E-state index contributed by atoms with van der Waals surface area (Å²) in [6, 6.07) is 21.6. The highest BCUT2D eigenvalue weighted by Crippen LogP contribution is 2.42. The molecular weight excluding hydrogens is 1100 g/mol. The largest absolute Gasteiger partial charge is 0.496 e. The summed E-state index contributed by atoms with van der Waals surface area (Å²) in [4.78, 5) is 41.7. The van der Waals surface area contributed by atoms with Crippen molar-refractivity contribution in [3.05, 3.63) is 124 Å². The van der Waals surface area contributed by atoms with Crippen LogP contribution in [0, 0.1) is 5.95 Å². The molecule has 0 atom stereocenters. The maximum Gasteiger partial charge on any atom is 0.294 e. The molecule has 0 bridgehead atoms. The quantitative estimate of drug-likeness (QED) is 0.0652. The molecule has 0 fully saturated rings. The molecular formula is C56H49FN10O9S4. The standard InChI is InChI=1S/C56H49FN10O9S4/c1-28(2)48-39(26-73-41-18-33(69-6)20-43-35(41)22-45(75-43)37-24-66-53(61-37)79-55(63-66)71-8)59-50(77-48)30-9-11-31(12-10-30)52(68)65(5)15-16-72-56-64-67-25-38(62-54(67)80-56)46-23-36-42(19-34(70-7)21-44(36)76-46)74-27-40-49(29(3)4)78-51(60-40)32-13-14-58-47(57)17-32/h9-14,17-25,28-29H,15-16,26-27H2,1-8H3. The molecule has 0 aliphatic rings. The van der Waals surface area contributed by atoms with E-state index in [0.717, 1.165) is 42.5 Å². The number of fused-ring (bicyclic) bond motifs is 4. The van der Waals surface area contributed by atoms with E-state index in [9.17, 15) is 9.18 Å². The van der Waals surface area contributed by atoms with Gasteiger partial charge in [0.05, 0.1) is 62.4 Å². The van der Waals surface area contributed by atoms with Crippen LogP contribution in [-0.2, 0) is 13.2 Å². The minimum atomic E-state index is -0.562. The Morgan fingerprint density at radius 1 is 0.637 bits per heavy atom. The van der Waals surface area contributed by atoms with Gasteiger partial charge >= 0.3 is 0 Å². The lowest BCUT2D eigenvalue weighted by atomic mass is 10.1. The number of hydrogen-bond acceptors (Lipinski definition) is 20. The zero-order valence-electron chi connectivity index (χ0n) is 44.3. The zero-order valence-corrected chi connectivity index (χ0v) is 47.6. The van der Waals surface area contributed by atoms with Crippen molar-refractivity contribution < 1.29 is 46.4 Å². The summed E-state index contributed by atoms with van der Waals surface area (Å²) in [5.41, 5.74) is 5.99. The first kappa shape index (κ1) is 52.3. The molecule has 12 rings (SSSR count). The summed E-state index contributed by atoms with van der Waals surface area (Å²) in [6.45, 7) is 9.35. The number of nitrogens with zero attached hydrogens (tertiary/aromatic N) is 10. The molecule has 9 aromatic heterocycles. The highest BCUT2D eigenvalue weighted by molar-refractivity contribution is 7.18. The van der Waals surface area contributed by atoms with E-state index in [2.05, 4.69) is 47.9 Å². The molecule has 0 saturated carbocycles. The Bertz CT molecular complexity index is 4180. The number of carbonyl (C=O) groups is 1. The average molecular weight is 1150 g/mol. The van der Waals surface area contributed by atoms with Crippen LogP contribution < -0.4 is 28.4 Å². The number of likely N-dealkylation sites (N-methyl/N-ethyl adjacent to an activating group) is 1. The van der Waals surface area contributed by atoms with Crippen LogP contribution in [0.2, 0.25) is 0 Å². The Morgan fingerprint density at radius 3 is 1.69 bits per heavy atom. The number of thiazole rings is 2. The fourth-order valence-electron chi connectivity index (χ4n) is 8.89. The molecule has 0 unspecified atom stereocenters. The van der Waals surface area contributed by atoms with Crippen LogP contribution in [0.25, 0.3) is 75.9 Å². The van der Waals surface area contributed by atoms with Crippen LogP contribution in [0.15, 0.2) is 100 Å². The SMILES string of the molecule is COc1cc(OCc2nc(-c3ccc(C(=O)N(C)CCOc4nn5cc(-c6cc7c(OCc8nc(-c9ccnc(F)c9)sc8C(C)C)cc(OC)cc7o6)nc5s4)cc3)sc2C(C)C)c2cc(-c3cn4nc(OC)sc4n3)oc2c1. The predicted molar refractivity (Wildman–Crippen MR) is 304 cm³/mol. The third kappa shape index (κ3) is 10.4. The first-order chi connectivity index (χ1) is 38.8. The molecule has 19 nitrogen and oxygen atoms in total. The van der Waals surface area contributed by atoms with Crippen molar-refractivity contribution in [2.75, 3.05) is 41.5 Å². The van der Waals surface area contributed by atoms with Crippen LogP contribution in [0.5, 0.6) is 33.4 Å². The fraction of sp³-hybridized carbons (Fsp3) is 0.250. The van der Waals surface area contributed by atoms with Gasteiger partial charge < -0.3 is 42.2 Å². The van der Waals surface area contributed by atoms with Crippen LogP contribution in [0.4, 0.5) is 4.39 Å². The molecule has 0 aliphatic carbocycles. The topological polar surface area (TPSA) is 201 Å². The first-order valence-corrected chi connectivity index (χ1v) is 28.4. The normalized spacial score (nSPS) is 11.8. The van der Waals surface area contributed by atoms with Gasteiger partial charge in [-0.3, -0.25) is 4.79 Å². The van der Waals surface area contributed by atoms with E-state index in [1.165, 1.54) is 46.3 Å². The minimum absolute atomic E-state index is 0.153. The molecule has 24 heteroatoms. The van der Waals surface area contributed by atoms with Gasteiger partial charge in [0.2, 0.25) is 15.9 Å². The molecule has 0 N–H and O–H groups in total. The van der Waals surface area contributed by atoms with Gasteiger partial charge in [-0.05, 0) is 64.8 Å². The molecule has 1 amide bonds. The number of hydrogen-bond donors (Lipinski definition) is 0. The lowest BCUT2D eigenvalue weighted by molar-refractivity contribution is 0.0773. The van der Waals surface area contributed by atoms with Gasteiger partial charge in [0.1, 0.15) is 75.4 Å². The maximum absolute atomic E-state index is 14.0. The van der Waals surface area contributed by atoms with E-state index in [0.29, 0.717) is 100 Å². The van der Waals surface area contributed by atoms with Crippen molar-refractivity contribution in [1.29, 1.82) is 0 Å². The second-order valence-corrected chi connectivity index (χ2v) is 22.9. The number of pyridine rings is 1. The highest BCUT2D eigenvalue weighted by atomic mass is 32.1. The van der Waals surface area contributed by atoms with Gasteiger partial charge in [-0.1, -0.05) is 39.8 Å². The molecule has 12 aromatic rings. The summed E-state index contributed by atoms with van der Waals surface area (Å²) in [5, 5.41) is 12.9. The number of furan rings is 2. The van der Waals surface area contributed by atoms with Gasteiger partial charge in [-0.25, -0.2) is 34.0 Å². The molecule has 408 valence electrons. The van der Waals surface area contributed by atoms with Gasteiger partial charge in [-0.15, -0.1) is 32.9 Å². The molecule has 3 aromatic carbocycles. The zero-order chi connectivity index (χ0) is 55.3. The minimum Gasteiger partial charge on any atom is -0.496 e. The molecule has 0 aliphatic heterocycles. The Labute approximate surface area is 471 Å². The Hall–Kier alpha value is -8.45. The van der Waals surface area contributed by atoms with E-state index in [1.807, 2.05) is 48.5 Å². The number of imidazole rings is 2. The van der Waals surface area contributed by atoms with Crippen molar-refractivity contribution in [3.8, 4) is 77.4 Å². The lowest BCUT2D eigenvalue weighted by Gasteiger charge is -2.17. The van der Waals surface area contributed by atoms with Gasteiger partial charge in [0.25, 0.3) is 16.3 Å². The predicted octanol–water partition coefficient (Wildman–Crippen LogP) is 13.1. The van der Waals surface area contributed by atoms with Crippen molar-refractivity contribution in [3.63, 3.8) is 0 Å². The van der Waals surface area contributed by atoms with Crippen molar-refractivity contribution in [2.24, 2.45) is 0 Å². The molecule has 80 heavy (non-hydrogen) atoms. The maximum atomic E-state index is 14.0. The third-order valence-corrected chi connectivity index (χ3v) is 17.5. The number of ether oxygens (including phenoxy) is 6. The van der Waals surface area contributed by atoms with E-state index >= 15 is 0 Å². The highest BCUT2D eigenvalue weighted by Gasteiger charge is 2.24. The number of benzene rings is 3. The van der Waals surface area contributed by atoms with Crippen molar-refractivity contribution in [1.82, 2.24) is 49.0 Å². The Balaban J connectivity index is 0.670. The van der Waals surface area contributed by atoms with Gasteiger partial charge in [0, 0.05) is 70.0 Å². The Kier molecular flexibility index (Phi) is 14.1. The van der Waals surface area contributed by atoms with Gasteiger partial charge in [0.15, 0.2) is 11.5 Å². The van der Waals surface area contributed by atoms with E-state index in [1.54, 1.807) is 84.2 Å². The van der Waals surface area contributed by atoms with Gasteiger partial charge in [-0.2, -0.15) is 4.39 Å². The number of carbonyl (C=O) groups excluding carboxylic acids is 1. The smallest absolute Gasteiger partial charge is 0.294 e. The summed E-state index contributed by atoms with van der Waals surface area (Å²) >= 11 is 5.72. The van der Waals surface area contributed by atoms with Crippen LogP contribution in [0.1, 0.15) is 71.0 Å². The number of rotatable bonds is 20. The average Bonchev–Trinajstić information content (AvgIpc) is 4.33. The fourth-order valence-corrected chi connectivity index (χ4v) is 12.5. The number of amides is 1. The summed E-state index contributed by atoms with van der Waals surface area (Å²) in [5.74, 6) is 2.99. The van der Waals surface area contributed by atoms with E-state index < -0.39 is 5.95 Å². The monoisotopic (exact) mass is 1150 g/mol. The molecule has 9 heterocycles. The number of methoxy groups -OCH3 is 3. The van der Waals surface area contributed by atoms with E-state index in [-0.39, 0.29) is 37.6 Å². The summed E-state index contributed by atoms with van der Waals surface area (Å²) < 4.78 is 65.2. The first-order valence-electron chi connectivity index (χ1n) is 25.1. The summed E-state index contributed by atoms with van der Waals surface area (Å²) in [6.07, 6.45) is 5.00. The van der Waals surface area contributed by atoms with Crippen LogP contribution >= 0.6 is 45.3 Å². The lowest BCUT2D eigenvalue weighted by Crippen LogP contribution is -2.30. The van der Waals surface area contributed by atoms with Crippen molar-refractivity contribution in [2.45, 2.75) is 52.7 Å². The molecule has 0 spiro atoms. The van der Waals surface area contributed by atoms with Crippen LogP contribution in [-0.4, -0.2) is 96.5 Å². The second kappa shape index (κ2) is 21.6. The third-order valence-electron chi connectivity index (χ3n) is 12.9. The summed E-state index contributed by atoms with van der Waals surface area (Å²) in [7, 11) is 6.49. The second-order valence-electron chi connectivity index (χ2n) is 19.0. The van der Waals surface area contributed by atoms with E-state index in [4.69, 9.17) is 52.2 Å². The number of aromatic nitrogens is 9. The number of halogens is 1. The van der Waals surface area contributed by atoms with Crippen molar-refractivity contribution >= 4 is 83.1 Å². The molecule has 0 radical (unpaired) electrons. The van der Waals surface area contributed by atoms with Crippen LogP contribution in [0.3, 0.4) is 0 Å². The molecule has 0 saturated heterocycles. The Morgan fingerprint density at radius 2 is 1.18 bits per heavy atom.